The van der Waals surface area contributed by atoms with E-state index in [4.69, 9.17) is 21.1 Å². The number of amides is 1. The summed E-state index contributed by atoms with van der Waals surface area (Å²) < 4.78 is 24.8. The molecule has 0 saturated carbocycles. The second-order valence-corrected chi connectivity index (χ2v) is 7.58. The Bertz CT molecular complexity index is 1170. The van der Waals surface area contributed by atoms with Crippen molar-refractivity contribution in [1.82, 2.24) is 14.7 Å². The van der Waals surface area contributed by atoms with Crippen LogP contribution in [-0.4, -0.2) is 47.3 Å². The third kappa shape index (κ3) is 6.20. The van der Waals surface area contributed by atoms with E-state index in [1.807, 2.05) is 24.3 Å². The first-order valence-corrected chi connectivity index (χ1v) is 10.4. The minimum absolute atomic E-state index is 0.261. The molecule has 1 heterocycles. The van der Waals surface area contributed by atoms with Crippen LogP contribution in [0.15, 0.2) is 54.6 Å². The molecule has 1 aromatic heterocycles. The summed E-state index contributed by atoms with van der Waals surface area (Å²) in [5, 5.41) is 4.59. The second-order valence-electron chi connectivity index (χ2n) is 7.22. The molecule has 1 amide bonds. The molecule has 0 unspecified atom stereocenters. The standard InChI is InChI=1S/C24H23ClFN3O4/c1-16-21(24(25)29(27-16)19-9-7-18(26)8-10-19)11-12-23(31)33-15-22(30)28(2)14-17-5-4-6-20(13-17)32-3/h4-13H,14-15H2,1-3H3/b12-11+. The van der Waals surface area contributed by atoms with E-state index in [9.17, 15) is 14.0 Å². The number of carbonyl (C=O) groups excluding carboxylic acids is 2. The maximum Gasteiger partial charge on any atom is 0.331 e. The zero-order valence-corrected chi connectivity index (χ0v) is 19.2. The molecule has 0 fully saturated rings. The summed E-state index contributed by atoms with van der Waals surface area (Å²) in [7, 11) is 3.20. The summed E-state index contributed by atoms with van der Waals surface area (Å²) in [4.78, 5) is 25.9. The maximum atomic E-state index is 13.2. The smallest absolute Gasteiger partial charge is 0.331 e. The minimum Gasteiger partial charge on any atom is -0.497 e. The summed E-state index contributed by atoms with van der Waals surface area (Å²) in [6.45, 7) is 1.68. The summed E-state index contributed by atoms with van der Waals surface area (Å²) >= 11 is 6.39. The maximum absolute atomic E-state index is 13.2. The van der Waals surface area contributed by atoms with Gasteiger partial charge in [0, 0.05) is 25.2 Å². The average Bonchev–Trinajstić information content (AvgIpc) is 3.09. The number of aryl methyl sites for hydroxylation is 1. The molecule has 0 N–H and O–H groups in total. The SMILES string of the molecule is COc1cccc(CN(C)C(=O)COC(=O)/C=C/c2c(C)nn(-c3ccc(F)cc3)c2Cl)c1. The molecule has 0 radical (unpaired) electrons. The van der Waals surface area contributed by atoms with Crippen LogP contribution in [0.25, 0.3) is 11.8 Å². The zero-order chi connectivity index (χ0) is 24.0. The fourth-order valence-corrected chi connectivity index (χ4v) is 3.36. The predicted octanol–water partition coefficient (Wildman–Crippen LogP) is 4.20. The van der Waals surface area contributed by atoms with Crippen molar-refractivity contribution in [2.45, 2.75) is 13.5 Å². The number of esters is 1. The van der Waals surface area contributed by atoms with E-state index in [0.29, 0.717) is 29.2 Å². The van der Waals surface area contributed by atoms with E-state index < -0.39 is 12.6 Å². The molecule has 0 bridgehead atoms. The number of ether oxygens (including phenoxy) is 2. The summed E-state index contributed by atoms with van der Waals surface area (Å²) in [6.07, 6.45) is 2.65. The molecule has 0 atom stereocenters. The Balaban J connectivity index is 1.57. The normalized spacial score (nSPS) is 10.9. The topological polar surface area (TPSA) is 73.7 Å². The number of rotatable bonds is 8. The second kappa shape index (κ2) is 10.8. The van der Waals surface area contributed by atoms with Crippen LogP contribution in [0.5, 0.6) is 5.75 Å². The van der Waals surface area contributed by atoms with E-state index in [1.165, 1.54) is 33.9 Å². The van der Waals surface area contributed by atoms with Gasteiger partial charge in [-0.05, 0) is 55.0 Å². The Hall–Kier alpha value is -3.65. The van der Waals surface area contributed by atoms with Crippen molar-refractivity contribution in [3.8, 4) is 11.4 Å². The van der Waals surface area contributed by atoms with Crippen LogP contribution in [0, 0.1) is 12.7 Å². The van der Waals surface area contributed by atoms with Gasteiger partial charge in [-0.2, -0.15) is 5.10 Å². The first-order valence-electron chi connectivity index (χ1n) is 10.0. The molecule has 2 aromatic carbocycles. The third-order valence-corrected chi connectivity index (χ3v) is 5.19. The molecular weight excluding hydrogens is 449 g/mol. The molecule has 7 nitrogen and oxygen atoms in total. The van der Waals surface area contributed by atoms with Crippen LogP contribution >= 0.6 is 11.6 Å². The Morgan fingerprint density at radius 2 is 1.94 bits per heavy atom. The summed E-state index contributed by atoms with van der Waals surface area (Å²) in [6, 6.07) is 13.1. The highest BCUT2D eigenvalue weighted by Crippen LogP contribution is 2.25. The van der Waals surface area contributed by atoms with Gasteiger partial charge in [-0.3, -0.25) is 4.79 Å². The van der Waals surface area contributed by atoms with Gasteiger partial charge in [0.25, 0.3) is 5.91 Å². The highest BCUT2D eigenvalue weighted by atomic mass is 35.5. The van der Waals surface area contributed by atoms with Gasteiger partial charge in [-0.1, -0.05) is 23.7 Å². The van der Waals surface area contributed by atoms with Crippen LogP contribution in [0.1, 0.15) is 16.8 Å². The van der Waals surface area contributed by atoms with E-state index >= 15 is 0 Å². The number of nitrogens with zero attached hydrogens (tertiary/aromatic N) is 3. The first kappa shape index (κ1) is 24.0. The average molecular weight is 472 g/mol. The molecule has 33 heavy (non-hydrogen) atoms. The van der Waals surface area contributed by atoms with Crippen LogP contribution in [0.2, 0.25) is 5.15 Å². The van der Waals surface area contributed by atoms with E-state index in [1.54, 1.807) is 33.2 Å². The Morgan fingerprint density at radius 3 is 2.64 bits per heavy atom. The highest BCUT2D eigenvalue weighted by Gasteiger charge is 2.15. The Morgan fingerprint density at radius 1 is 1.21 bits per heavy atom. The molecule has 0 saturated heterocycles. The predicted molar refractivity (Wildman–Crippen MR) is 123 cm³/mol. The van der Waals surface area contributed by atoms with Crippen molar-refractivity contribution >= 4 is 29.6 Å². The van der Waals surface area contributed by atoms with E-state index in [0.717, 1.165) is 5.56 Å². The number of carbonyl (C=O) groups is 2. The largest absolute Gasteiger partial charge is 0.497 e. The Labute approximate surface area is 196 Å². The number of hydrogen-bond donors (Lipinski definition) is 0. The number of benzene rings is 2. The molecule has 0 aliphatic heterocycles. The molecular formula is C24H23ClFN3O4. The van der Waals surface area contributed by atoms with Crippen molar-refractivity contribution in [1.29, 1.82) is 0 Å². The van der Waals surface area contributed by atoms with Crippen LogP contribution in [0.4, 0.5) is 4.39 Å². The lowest BCUT2D eigenvalue weighted by Crippen LogP contribution is -2.30. The van der Waals surface area contributed by atoms with Crippen molar-refractivity contribution in [3.63, 3.8) is 0 Å². The number of aromatic nitrogens is 2. The van der Waals surface area contributed by atoms with Crippen molar-refractivity contribution in [2.24, 2.45) is 0 Å². The molecule has 0 aliphatic rings. The molecule has 172 valence electrons. The lowest BCUT2D eigenvalue weighted by Gasteiger charge is -2.17. The van der Waals surface area contributed by atoms with Gasteiger partial charge in [0.2, 0.25) is 0 Å². The third-order valence-electron chi connectivity index (χ3n) is 4.82. The quantitative estimate of drug-likeness (QED) is 0.363. The van der Waals surface area contributed by atoms with Crippen LogP contribution in [0.3, 0.4) is 0 Å². The Kier molecular flexibility index (Phi) is 7.84. The van der Waals surface area contributed by atoms with E-state index in [-0.39, 0.29) is 16.9 Å². The van der Waals surface area contributed by atoms with Gasteiger partial charge in [0.1, 0.15) is 16.7 Å². The molecule has 0 spiro atoms. The summed E-state index contributed by atoms with van der Waals surface area (Å²) in [5.74, 6) is -0.715. The number of halogens is 2. The van der Waals surface area contributed by atoms with Crippen molar-refractivity contribution in [2.75, 3.05) is 20.8 Å². The molecule has 9 heteroatoms. The zero-order valence-electron chi connectivity index (χ0n) is 18.4. The van der Waals surface area contributed by atoms with Gasteiger partial charge in [0.15, 0.2) is 6.61 Å². The van der Waals surface area contributed by atoms with E-state index in [2.05, 4.69) is 5.10 Å². The van der Waals surface area contributed by atoms with Gasteiger partial charge in [-0.15, -0.1) is 0 Å². The van der Waals surface area contributed by atoms with Gasteiger partial charge in [-0.25, -0.2) is 13.9 Å². The van der Waals surface area contributed by atoms with Gasteiger partial charge < -0.3 is 14.4 Å². The number of methoxy groups -OCH3 is 1. The summed E-state index contributed by atoms with van der Waals surface area (Å²) in [5.41, 5.74) is 2.55. The molecule has 3 aromatic rings. The van der Waals surface area contributed by atoms with Crippen molar-refractivity contribution in [3.05, 3.63) is 82.4 Å². The lowest BCUT2D eigenvalue weighted by atomic mass is 10.2. The molecule has 3 rings (SSSR count). The van der Waals surface area contributed by atoms with Crippen molar-refractivity contribution < 1.29 is 23.5 Å². The van der Waals surface area contributed by atoms with Crippen LogP contribution < -0.4 is 4.74 Å². The van der Waals surface area contributed by atoms with Gasteiger partial charge >= 0.3 is 5.97 Å². The minimum atomic E-state index is -0.692. The molecule has 0 aliphatic carbocycles. The highest BCUT2D eigenvalue weighted by molar-refractivity contribution is 6.31. The fraction of sp³-hybridized carbons (Fsp3) is 0.208. The number of hydrogen-bond acceptors (Lipinski definition) is 5. The number of likely N-dealkylation sites (N-methyl/N-ethyl adjacent to an activating group) is 1. The van der Waals surface area contributed by atoms with Crippen LogP contribution in [-0.2, 0) is 20.9 Å². The fourth-order valence-electron chi connectivity index (χ4n) is 3.03. The lowest BCUT2D eigenvalue weighted by molar-refractivity contribution is -0.147. The monoisotopic (exact) mass is 471 g/mol. The first-order chi connectivity index (χ1) is 15.8. The van der Waals surface area contributed by atoms with Gasteiger partial charge in [0.05, 0.1) is 18.5 Å².